The quantitative estimate of drug-likeness (QED) is 0.777. The lowest BCUT2D eigenvalue weighted by atomic mass is 9.99. The van der Waals surface area contributed by atoms with E-state index in [-0.39, 0.29) is 6.10 Å². The summed E-state index contributed by atoms with van der Waals surface area (Å²) in [6.07, 6.45) is 2.23. The maximum Gasteiger partial charge on any atom is 0.0728 e. The molecule has 2 atom stereocenters. The van der Waals surface area contributed by atoms with Crippen LogP contribution in [0.3, 0.4) is 0 Å². The molecule has 0 saturated heterocycles. The van der Waals surface area contributed by atoms with Crippen molar-refractivity contribution < 1.29 is 4.74 Å². The highest BCUT2D eigenvalue weighted by Gasteiger charge is 2.19. The van der Waals surface area contributed by atoms with E-state index in [4.69, 9.17) is 16.3 Å². The van der Waals surface area contributed by atoms with E-state index >= 15 is 0 Å². The lowest BCUT2D eigenvalue weighted by molar-refractivity contribution is 0.0323. The summed E-state index contributed by atoms with van der Waals surface area (Å²) in [5, 5.41) is 4.32. The van der Waals surface area contributed by atoms with Gasteiger partial charge in [0.05, 0.1) is 6.10 Å². The standard InChI is InChI=1S/C15H24ClNO/c1-4-15(18-6-3)14(17-5-2)11-12-8-7-9-13(16)10-12/h7-10,14-15,17H,4-6,11H2,1-3H3. The lowest BCUT2D eigenvalue weighted by Crippen LogP contribution is -2.42. The highest BCUT2D eigenvalue weighted by atomic mass is 35.5. The van der Waals surface area contributed by atoms with E-state index in [1.807, 2.05) is 25.1 Å². The molecule has 0 aliphatic rings. The molecular weight excluding hydrogens is 246 g/mol. The number of likely N-dealkylation sites (N-methyl/N-ethyl adjacent to an activating group) is 1. The van der Waals surface area contributed by atoms with Crippen LogP contribution in [0.1, 0.15) is 32.8 Å². The summed E-state index contributed by atoms with van der Waals surface area (Å²) in [6.45, 7) is 8.06. The average Bonchev–Trinajstić information content (AvgIpc) is 2.35. The molecule has 0 fully saturated rings. The molecule has 1 rings (SSSR count). The molecule has 0 aliphatic carbocycles. The van der Waals surface area contributed by atoms with Crippen molar-refractivity contribution >= 4 is 11.6 Å². The van der Waals surface area contributed by atoms with Crippen molar-refractivity contribution in [1.82, 2.24) is 5.32 Å². The molecule has 0 spiro atoms. The van der Waals surface area contributed by atoms with Gasteiger partial charge in [0.2, 0.25) is 0 Å². The summed E-state index contributed by atoms with van der Waals surface area (Å²) in [4.78, 5) is 0. The van der Waals surface area contributed by atoms with Gasteiger partial charge in [0.1, 0.15) is 0 Å². The molecule has 0 bridgehead atoms. The number of hydrogen-bond acceptors (Lipinski definition) is 2. The SMILES string of the molecule is CCNC(Cc1cccc(Cl)c1)C(CC)OCC. The van der Waals surface area contributed by atoms with E-state index in [0.29, 0.717) is 6.04 Å². The van der Waals surface area contributed by atoms with Gasteiger partial charge in [0, 0.05) is 17.7 Å². The molecule has 2 nitrogen and oxygen atoms in total. The maximum atomic E-state index is 6.03. The number of hydrogen-bond donors (Lipinski definition) is 1. The Morgan fingerprint density at radius 3 is 2.61 bits per heavy atom. The molecule has 18 heavy (non-hydrogen) atoms. The number of ether oxygens (including phenoxy) is 1. The highest BCUT2D eigenvalue weighted by molar-refractivity contribution is 6.30. The Balaban J connectivity index is 2.72. The first-order valence-corrected chi connectivity index (χ1v) is 7.18. The first kappa shape index (κ1) is 15.5. The van der Waals surface area contributed by atoms with Crippen LogP contribution in [0, 0.1) is 0 Å². The number of halogens is 1. The minimum atomic E-state index is 0.258. The third-order valence-electron chi connectivity index (χ3n) is 3.04. The van der Waals surface area contributed by atoms with Crippen molar-refractivity contribution in [2.24, 2.45) is 0 Å². The van der Waals surface area contributed by atoms with Gasteiger partial charge in [0.25, 0.3) is 0 Å². The van der Waals surface area contributed by atoms with Crippen LogP contribution in [0.15, 0.2) is 24.3 Å². The zero-order chi connectivity index (χ0) is 13.4. The van der Waals surface area contributed by atoms with E-state index in [2.05, 4.69) is 25.2 Å². The summed E-state index contributed by atoms with van der Waals surface area (Å²) in [7, 11) is 0. The van der Waals surface area contributed by atoms with Crippen LogP contribution < -0.4 is 5.32 Å². The van der Waals surface area contributed by atoms with Crippen LogP contribution in [0.25, 0.3) is 0 Å². The first-order valence-electron chi connectivity index (χ1n) is 6.80. The molecule has 2 unspecified atom stereocenters. The van der Waals surface area contributed by atoms with Gasteiger partial charge < -0.3 is 10.1 Å². The molecule has 1 aromatic carbocycles. The van der Waals surface area contributed by atoms with E-state index in [0.717, 1.165) is 31.0 Å². The Hall–Kier alpha value is -0.570. The van der Waals surface area contributed by atoms with Crippen LogP contribution in [-0.4, -0.2) is 25.3 Å². The molecular formula is C15H24ClNO. The predicted molar refractivity (Wildman–Crippen MR) is 78.3 cm³/mol. The molecule has 0 heterocycles. The molecule has 0 radical (unpaired) electrons. The monoisotopic (exact) mass is 269 g/mol. The molecule has 0 saturated carbocycles. The van der Waals surface area contributed by atoms with E-state index < -0.39 is 0 Å². The minimum absolute atomic E-state index is 0.258. The van der Waals surface area contributed by atoms with E-state index in [1.54, 1.807) is 0 Å². The molecule has 3 heteroatoms. The van der Waals surface area contributed by atoms with Crippen LogP contribution in [0.5, 0.6) is 0 Å². The Labute approximate surface area is 116 Å². The third-order valence-corrected chi connectivity index (χ3v) is 3.28. The molecule has 1 N–H and O–H groups in total. The van der Waals surface area contributed by atoms with Gasteiger partial charge >= 0.3 is 0 Å². The third kappa shape index (κ3) is 4.97. The zero-order valence-corrected chi connectivity index (χ0v) is 12.3. The number of rotatable bonds is 8. The fraction of sp³-hybridized carbons (Fsp3) is 0.600. The van der Waals surface area contributed by atoms with Crippen LogP contribution in [0.4, 0.5) is 0 Å². The highest BCUT2D eigenvalue weighted by Crippen LogP contribution is 2.15. The molecule has 0 amide bonds. The van der Waals surface area contributed by atoms with E-state index in [1.165, 1.54) is 5.56 Å². The Morgan fingerprint density at radius 2 is 2.06 bits per heavy atom. The summed E-state index contributed by atoms with van der Waals surface area (Å²) in [5.74, 6) is 0. The van der Waals surface area contributed by atoms with Crippen molar-refractivity contribution in [2.75, 3.05) is 13.2 Å². The Morgan fingerprint density at radius 1 is 1.28 bits per heavy atom. The van der Waals surface area contributed by atoms with Gasteiger partial charge in [-0.1, -0.05) is 37.6 Å². The summed E-state index contributed by atoms with van der Waals surface area (Å²) in [5.41, 5.74) is 1.26. The smallest absolute Gasteiger partial charge is 0.0728 e. The molecule has 0 aliphatic heterocycles. The molecule has 0 aromatic heterocycles. The summed E-state index contributed by atoms with van der Waals surface area (Å²) >= 11 is 6.03. The van der Waals surface area contributed by atoms with E-state index in [9.17, 15) is 0 Å². The van der Waals surface area contributed by atoms with Gasteiger partial charge in [-0.15, -0.1) is 0 Å². The second kappa shape index (κ2) is 8.52. The number of nitrogens with one attached hydrogen (secondary N) is 1. The lowest BCUT2D eigenvalue weighted by Gasteiger charge is -2.27. The Bertz CT molecular complexity index is 343. The second-order valence-electron chi connectivity index (χ2n) is 4.40. The normalized spacial score (nSPS) is 14.4. The van der Waals surface area contributed by atoms with Crippen molar-refractivity contribution in [3.05, 3.63) is 34.9 Å². The second-order valence-corrected chi connectivity index (χ2v) is 4.84. The summed E-state index contributed by atoms with van der Waals surface area (Å²) < 4.78 is 5.81. The van der Waals surface area contributed by atoms with Crippen molar-refractivity contribution in [2.45, 2.75) is 45.8 Å². The first-order chi connectivity index (χ1) is 8.71. The fourth-order valence-electron chi connectivity index (χ4n) is 2.25. The Kier molecular flexibility index (Phi) is 7.33. The van der Waals surface area contributed by atoms with Gasteiger partial charge in [-0.25, -0.2) is 0 Å². The van der Waals surface area contributed by atoms with Gasteiger partial charge in [-0.05, 0) is 44.0 Å². The van der Waals surface area contributed by atoms with Crippen LogP contribution >= 0.6 is 11.6 Å². The van der Waals surface area contributed by atoms with Crippen LogP contribution in [0.2, 0.25) is 5.02 Å². The van der Waals surface area contributed by atoms with Gasteiger partial charge in [0.15, 0.2) is 0 Å². The molecule has 102 valence electrons. The average molecular weight is 270 g/mol. The summed E-state index contributed by atoms with van der Waals surface area (Å²) in [6, 6.07) is 8.41. The number of benzene rings is 1. The molecule has 1 aromatic rings. The predicted octanol–water partition coefficient (Wildman–Crippen LogP) is 3.68. The van der Waals surface area contributed by atoms with Crippen molar-refractivity contribution in [1.29, 1.82) is 0 Å². The fourth-order valence-corrected chi connectivity index (χ4v) is 2.46. The van der Waals surface area contributed by atoms with Crippen molar-refractivity contribution in [3.8, 4) is 0 Å². The van der Waals surface area contributed by atoms with Gasteiger partial charge in [-0.3, -0.25) is 0 Å². The van der Waals surface area contributed by atoms with Crippen LogP contribution in [-0.2, 0) is 11.2 Å². The minimum Gasteiger partial charge on any atom is -0.377 e. The maximum absolute atomic E-state index is 6.03. The largest absolute Gasteiger partial charge is 0.377 e. The zero-order valence-electron chi connectivity index (χ0n) is 11.6. The van der Waals surface area contributed by atoms with Crippen molar-refractivity contribution in [3.63, 3.8) is 0 Å². The van der Waals surface area contributed by atoms with Gasteiger partial charge in [-0.2, -0.15) is 0 Å². The topological polar surface area (TPSA) is 21.3 Å².